The van der Waals surface area contributed by atoms with E-state index < -0.39 is 5.60 Å². The number of ether oxygens (including phenoxy) is 2. The van der Waals surface area contributed by atoms with Gasteiger partial charge in [-0.1, -0.05) is 18.9 Å². The molecule has 0 radical (unpaired) electrons. The summed E-state index contributed by atoms with van der Waals surface area (Å²) in [4.78, 5) is 23.1. The zero-order valence-electron chi connectivity index (χ0n) is 17.1. The largest absolute Gasteiger partial charge is 0.445 e. The number of rotatable bonds is 2. The zero-order valence-corrected chi connectivity index (χ0v) is 17.1. The second kappa shape index (κ2) is 6.79. The lowest BCUT2D eigenvalue weighted by Gasteiger charge is -2.54. The van der Waals surface area contributed by atoms with Crippen molar-refractivity contribution in [2.75, 3.05) is 0 Å². The Bertz CT molecular complexity index is 800. The number of carbonyl (C=O) groups excluding carboxylic acids is 2. The monoisotopic (exact) mass is 382 g/mol. The number of hydrogen-bond acceptors (Lipinski definition) is 4. The Hall–Kier alpha value is -2.02. The molecule has 0 heterocycles. The first-order valence-electron chi connectivity index (χ1n) is 10.6. The first-order chi connectivity index (χ1) is 13.3. The summed E-state index contributed by atoms with van der Waals surface area (Å²) in [5.41, 5.74) is 0.439. The van der Waals surface area contributed by atoms with E-state index in [9.17, 15) is 9.59 Å². The highest BCUT2D eigenvalue weighted by Crippen LogP contribution is 2.65. The van der Waals surface area contributed by atoms with E-state index in [0.717, 1.165) is 50.7 Å². The van der Waals surface area contributed by atoms with Crippen LogP contribution in [-0.2, 0) is 19.1 Å². The topological polar surface area (TPSA) is 52.6 Å². The maximum atomic E-state index is 11.8. The van der Waals surface area contributed by atoms with E-state index in [1.54, 1.807) is 0 Å². The minimum Gasteiger partial charge on any atom is -0.445 e. The summed E-state index contributed by atoms with van der Waals surface area (Å²) in [6, 6.07) is 0. The molecular formula is C24H30O4. The van der Waals surface area contributed by atoms with Crippen LogP contribution in [0.3, 0.4) is 0 Å². The van der Waals surface area contributed by atoms with E-state index in [-0.39, 0.29) is 17.4 Å². The van der Waals surface area contributed by atoms with E-state index >= 15 is 0 Å². The molecule has 0 bridgehead atoms. The van der Waals surface area contributed by atoms with Crippen LogP contribution >= 0.6 is 0 Å². The zero-order chi connectivity index (χ0) is 20.1. The van der Waals surface area contributed by atoms with E-state index in [4.69, 9.17) is 15.9 Å². The molecule has 150 valence electrons. The van der Waals surface area contributed by atoms with Crippen molar-refractivity contribution in [1.82, 2.24) is 0 Å². The minimum atomic E-state index is -0.757. The second-order valence-corrected chi connectivity index (χ2v) is 9.28. The Kier molecular flexibility index (Phi) is 4.68. The van der Waals surface area contributed by atoms with Crippen LogP contribution in [0.15, 0.2) is 23.5 Å². The van der Waals surface area contributed by atoms with E-state index in [2.05, 4.69) is 25.0 Å². The van der Waals surface area contributed by atoms with Crippen molar-refractivity contribution < 1.29 is 19.1 Å². The normalized spacial score (nSPS) is 41.4. The molecule has 4 heteroatoms. The van der Waals surface area contributed by atoms with Crippen molar-refractivity contribution in [3.8, 4) is 12.3 Å². The van der Waals surface area contributed by atoms with Gasteiger partial charge in [0.1, 0.15) is 5.76 Å². The fourth-order valence-corrected chi connectivity index (χ4v) is 6.87. The van der Waals surface area contributed by atoms with E-state index in [0.29, 0.717) is 23.7 Å². The third-order valence-corrected chi connectivity index (χ3v) is 8.04. The van der Waals surface area contributed by atoms with Gasteiger partial charge < -0.3 is 9.47 Å². The molecule has 0 saturated heterocycles. The Balaban J connectivity index is 1.61. The van der Waals surface area contributed by atoms with Gasteiger partial charge in [-0.15, -0.1) is 6.42 Å². The maximum absolute atomic E-state index is 11.8. The fourth-order valence-electron chi connectivity index (χ4n) is 6.87. The van der Waals surface area contributed by atoms with Gasteiger partial charge in [0.05, 0.1) is 0 Å². The van der Waals surface area contributed by atoms with Crippen molar-refractivity contribution in [1.29, 1.82) is 0 Å². The highest BCUT2D eigenvalue weighted by molar-refractivity contribution is 5.68. The van der Waals surface area contributed by atoms with Gasteiger partial charge >= 0.3 is 11.9 Å². The molecule has 0 aromatic rings. The number of terminal acetylenes is 1. The third kappa shape index (κ3) is 2.82. The SMILES string of the molecule is C#C[C@]1(OC(C)=O)CC[C@@H]2[C@@H]3CC=C4C=C(OC(C)=O)CC[C@@H]4[C@@H]3CC[C@@]21C. The van der Waals surface area contributed by atoms with Gasteiger partial charge in [0, 0.05) is 25.7 Å². The molecule has 2 fully saturated rings. The molecule has 0 spiro atoms. The quantitative estimate of drug-likeness (QED) is 0.519. The number of allylic oxidation sites excluding steroid dienone is 4. The molecule has 0 amide bonds. The van der Waals surface area contributed by atoms with Gasteiger partial charge in [0.2, 0.25) is 0 Å². The van der Waals surface area contributed by atoms with Crippen molar-refractivity contribution in [2.24, 2.45) is 29.1 Å². The van der Waals surface area contributed by atoms with Crippen molar-refractivity contribution >= 4 is 11.9 Å². The van der Waals surface area contributed by atoms with Gasteiger partial charge in [-0.05, 0) is 73.8 Å². The summed E-state index contributed by atoms with van der Waals surface area (Å²) in [5, 5.41) is 0. The third-order valence-electron chi connectivity index (χ3n) is 8.04. The number of esters is 2. The molecule has 4 nitrogen and oxygen atoms in total. The molecule has 0 aromatic carbocycles. The van der Waals surface area contributed by atoms with Crippen molar-refractivity contribution in [3.63, 3.8) is 0 Å². The Morgan fingerprint density at radius 2 is 1.93 bits per heavy atom. The second-order valence-electron chi connectivity index (χ2n) is 9.28. The van der Waals surface area contributed by atoms with Crippen LogP contribution in [0.5, 0.6) is 0 Å². The number of hydrogen-bond donors (Lipinski definition) is 0. The molecule has 0 aliphatic heterocycles. The molecule has 4 rings (SSSR count). The smallest absolute Gasteiger partial charge is 0.307 e. The summed E-state index contributed by atoms with van der Waals surface area (Å²) in [7, 11) is 0. The molecule has 28 heavy (non-hydrogen) atoms. The van der Waals surface area contributed by atoms with Gasteiger partial charge in [0.15, 0.2) is 5.60 Å². The standard InChI is InChI=1S/C24H30O4/c1-5-24(28-16(3)26)13-11-22-21-8-6-17-14-18(27-15(2)25)7-9-19(17)20(21)10-12-23(22,24)4/h1,6,14,19-22H,7-13H2,2-4H3/t19-,20-,21+,22+,23-,24-/m0/s1. The average Bonchev–Trinajstić information content (AvgIpc) is 2.93. The molecule has 4 aliphatic rings. The van der Waals surface area contributed by atoms with Crippen molar-refractivity contribution in [2.45, 2.75) is 71.3 Å². The molecule has 0 N–H and O–H groups in total. The summed E-state index contributed by atoms with van der Waals surface area (Å²) in [6.07, 6.45) is 17.2. The predicted octanol–water partition coefficient (Wildman–Crippen LogP) is 4.55. The van der Waals surface area contributed by atoms with Crippen LogP contribution in [0.1, 0.15) is 65.7 Å². The molecule has 6 atom stereocenters. The van der Waals surface area contributed by atoms with E-state index in [1.807, 2.05) is 0 Å². The van der Waals surface area contributed by atoms with Crippen LogP contribution in [0.25, 0.3) is 0 Å². The highest BCUT2D eigenvalue weighted by atomic mass is 16.6. The summed E-state index contributed by atoms with van der Waals surface area (Å²) < 4.78 is 11.2. The van der Waals surface area contributed by atoms with Crippen LogP contribution in [0, 0.1) is 41.4 Å². The Morgan fingerprint density at radius 1 is 1.14 bits per heavy atom. The first kappa shape index (κ1) is 19.3. The minimum absolute atomic E-state index is 0.145. The molecule has 4 aliphatic carbocycles. The molecule has 0 aromatic heterocycles. The molecule has 2 saturated carbocycles. The summed E-state index contributed by atoms with van der Waals surface area (Å²) in [5.74, 6) is 5.44. The van der Waals surface area contributed by atoms with Crippen LogP contribution < -0.4 is 0 Å². The fraction of sp³-hybridized carbons (Fsp3) is 0.667. The maximum Gasteiger partial charge on any atom is 0.307 e. The Labute approximate surface area is 167 Å². The molecule has 0 unspecified atom stereocenters. The summed E-state index contributed by atoms with van der Waals surface area (Å²) >= 11 is 0. The van der Waals surface area contributed by atoms with Gasteiger partial charge in [-0.3, -0.25) is 9.59 Å². The number of carbonyl (C=O) groups is 2. The van der Waals surface area contributed by atoms with Gasteiger partial charge in [0.25, 0.3) is 0 Å². The lowest BCUT2D eigenvalue weighted by molar-refractivity contribution is -0.167. The van der Waals surface area contributed by atoms with Crippen LogP contribution in [0.2, 0.25) is 0 Å². The van der Waals surface area contributed by atoms with Crippen LogP contribution in [0.4, 0.5) is 0 Å². The number of fused-ring (bicyclic) bond motifs is 5. The van der Waals surface area contributed by atoms with Crippen LogP contribution in [-0.4, -0.2) is 17.5 Å². The Morgan fingerprint density at radius 3 is 2.61 bits per heavy atom. The van der Waals surface area contributed by atoms with Gasteiger partial charge in [-0.2, -0.15) is 0 Å². The predicted molar refractivity (Wildman–Crippen MR) is 106 cm³/mol. The van der Waals surface area contributed by atoms with E-state index in [1.165, 1.54) is 19.4 Å². The molecular weight excluding hydrogens is 352 g/mol. The average molecular weight is 383 g/mol. The summed E-state index contributed by atoms with van der Waals surface area (Å²) in [6.45, 7) is 5.18. The highest BCUT2D eigenvalue weighted by Gasteiger charge is 2.64. The van der Waals surface area contributed by atoms with Crippen molar-refractivity contribution in [3.05, 3.63) is 23.5 Å². The van der Waals surface area contributed by atoms with Gasteiger partial charge in [-0.25, -0.2) is 0 Å². The lowest BCUT2D eigenvalue weighted by Crippen LogP contribution is -2.53. The lowest BCUT2D eigenvalue weighted by atomic mass is 9.51. The first-order valence-corrected chi connectivity index (χ1v) is 10.6.